The molecule has 0 bridgehead atoms. The number of hydrogen-bond acceptors (Lipinski definition) is 3. The van der Waals surface area contributed by atoms with Crippen LogP contribution in [0.4, 0.5) is 0 Å². The van der Waals surface area contributed by atoms with Crippen molar-refractivity contribution in [2.75, 3.05) is 19.8 Å². The van der Waals surface area contributed by atoms with Gasteiger partial charge < -0.3 is 15.2 Å². The van der Waals surface area contributed by atoms with Crippen LogP contribution in [0.1, 0.15) is 45.4 Å². The van der Waals surface area contributed by atoms with Gasteiger partial charge in [0.05, 0.1) is 13.2 Å². The Labute approximate surface area is 98.6 Å². The maximum absolute atomic E-state index is 9.69. The van der Waals surface area contributed by atoms with Crippen molar-refractivity contribution in [3.8, 4) is 0 Å². The van der Waals surface area contributed by atoms with Gasteiger partial charge in [0.25, 0.3) is 0 Å². The Hall–Kier alpha value is -0.120. The maximum Gasteiger partial charge on any atom is 0.0620 e. The first-order chi connectivity index (χ1) is 7.74. The molecule has 2 N–H and O–H groups in total. The molecule has 1 saturated carbocycles. The van der Waals surface area contributed by atoms with Crippen LogP contribution in [0, 0.1) is 5.92 Å². The number of aliphatic hydroxyl groups excluding tert-OH is 1. The topological polar surface area (TPSA) is 41.5 Å². The van der Waals surface area contributed by atoms with Crippen molar-refractivity contribution in [1.82, 2.24) is 5.32 Å². The first kappa shape index (κ1) is 12.3. The number of hydrogen-bond donors (Lipinski definition) is 2. The lowest BCUT2D eigenvalue weighted by Crippen LogP contribution is -2.56. The van der Waals surface area contributed by atoms with Crippen molar-refractivity contribution < 1.29 is 9.84 Å². The molecule has 0 spiro atoms. The minimum atomic E-state index is -0.0984. The molecule has 1 saturated heterocycles. The van der Waals surface area contributed by atoms with E-state index < -0.39 is 0 Å². The molecule has 0 aromatic carbocycles. The predicted octanol–water partition coefficient (Wildman–Crippen LogP) is 1.70. The molecule has 2 atom stereocenters. The molecule has 3 nitrogen and oxygen atoms in total. The minimum Gasteiger partial charge on any atom is -0.394 e. The average molecular weight is 227 g/mol. The molecule has 0 radical (unpaired) electrons. The van der Waals surface area contributed by atoms with Gasteiger partial charge in [-0.3, -0.25) is 0 Å². The van der Waals surface area contributed by atoms with Gasteiger partial charge in [-0.25, -0.2) is 0 Å². The summed E-state index contributed by atoms with van der Waals surface area (Å²) in [6, 6.07) is 0.444. The van der Waals surface area contributed by atoms with Crippen LogP contribution in [0.25, 0.3) is 0 Å². The number of aliphatic hydroxyl groups is 1. The van der Waals surface area contributed by atoms with Crippen LogP contribution in [0.15, 0.2) is 0 Å². The van der Waals surface area contributed by atoms with Crippen LogP contribution in [0.2, 0.25) is 0 Å². The first-order valence-corrected chi connectivity index (χ1v) is 6.71. The highest BCUT2D eigenvalue weighted by Crippen LogP contribution is 2.33. The van der Waals surface area contributed by atoms with Crippen LogP contribution < -0.4 is 5.32 Å². The molecule has 94 valence electrons. The fraction of sp³-hybridized carbons (Fsp3) is 1.00. The van der Waals surface area contributed by atoms with E-state index >= 15 is 0 Å². The molecule has 0 aromatic rings. The van der Waals surface area contributed by atoms with Gasteiger partial charge in [-0.1, -0.05) is 19.3 Å². The van der Waals surface area contributed by atoms with E-state index in [-0.39, 0.29) is 12.1 Å². The SMILES string of the molecule is CC(CO)(NC1CCOC1)C1CCCCC1. The lowest BCUT2D eigenvalue weighted by atomic mass is 9.75. The van der Waals surface area contributed by atoms with E-state index in [2.05, 4.69) is 12.2 Å². The smallest absolute Gasteiger partial charge is 0.0620 e. The summed E-state index contributed by atoms with van der Waals surface area (Å²) in [5.41, 5.74) is -0.0984. The van der Waals surface area contributed by atoms with Crippen molar-refractivity contribution >= 4 is 0 Å². The number of rotatable bonds is 4. The summed E-state index contributed by atoms with van der Waals surface area (Å²) in [5.74, 6) is 0.631. The molecule has 0 aromatic heterocycles. The van der Waals surface area contributed by atoms with Crippen molar-refractivity contribution in [3.63, 3.8) is 0 Å². The third-order valence-electron chi connectivity index (χ3n) is 4.30. The average Bonchev–Trinajstić information content (AvgIpc) is 2.83. The molecule has 16 heavy (non-hydrogen) atoms. The molecule has 1 aliphatic carbocycles. The molecule has 1 aliphatic heterocycles. The minimum absolute atomic E-state index is 0.0984. The lowest BCUT2D eigenvalue weighted by molar-refractivity contribution is 0.0805. The Morgan fingerprint density at radius 1 is 1.25 bits per heavy atom. The van der Waals surface area contributed by atoms with Gasteiger partial charge in [0.2, 0.25) is 0 Å². The molecule has 3 heteroatoms. The number of nitrogens with one attached hydrogen (secondary N) is 1. The van der Waals surface area contributed by atoms with E-state index in [1.165, 1.54) is 32.1 Å². The van der Waals surface area contributed by atoms with Gasteiger partial charge in [0, 0.05) is 18.2 Å². The Bertz CT molecular complexity index is 210. The quantitative estimate of drug-likeness (QED) is 0.768. The Balaban J connectivity index is 1.93. The maximum atomic E-state index is 9.69. The molecule has 1 heterocycles. The van der Waals surface area contributed by atoms with Gasteiger partial charge in [-0.05, 0) is 32.1 Å². The van der Waals surface area contributed by atoms with Gasteiger partial charge in [-0.15, -0.1) is 0 Å². The molecule has 0 amide bonds. The van der Waals surface area contributed by atoms with Crippen molar-refractivity contribution in [2.24, 2.45) is 5.92 Å². The van der Waals surface area contributed by atoms with E-state index in [0.29, 0.717) is 12.0 Å². The van der Waals surface area contributed by atoms with Crippen LogP contribution in [-0.2, 0) is 4.74 Å². The van der Waals surface area contributed by atoms with Crippen LogP contribution in [-0.4, -0.2) is 36.5 Å². The van der Waals surface area contributed by atoms with Gasteiger partial charge in [-0.2, -0.15) is 0 Å². The fourth-order valence-electron chi connectivity index (χ4n) is 3.15. The van der Waals surface area contributed by atoms with E-state index in [1.807, 2.05) is 0 Å². The third-order valence-corrected chi connectivity index (χ3v) is 4.30. The zero-order valence-corrected chi connectivity index (χ0v) is 10.4. The zero-order chi connectivity index (χ0) is 11.4. The summed E-state index contributed by atoms with van der Waals surface area (Å²) >= 11 is 0. The van der Waals surface area contributed by atoms with Gasteiger partial charge in [0.1, 0.15) is 0 Å². The van der Waals surface area contributed by atoms with Gasteiger partial charge in [0.15, 0.2) is 0 Å². The second-order valence-corrected chi connectivity index (χ2v) is 5.62. The second-order valence-electron chi connectivity index (χ2n) is 5.62. The first-order valence-electron chi connectivity index (χ1n) is 6.71. The van der Waals surface area contributed by atoms with Crippen LogP contribution in [0.5, 0.6) is 0 Å². The summed E-state index contributed by atoms with van der Waals surface area (Å²) in [5, 5.41) is 13.3. The van der Waals surface area contributed by atoms with Crippen LogP contribution >= 0.6 is 0 Å². The van der Waals surface area contributed by atoms with E-state index in [1.54, 1.807) is 0 Å². The summed E-state index contributed by atoms with van der Waals surface area (Å²) < 4.78 is 5.39. The summed E-state index contributed by atoms with van der Waals surface area (Å²) in [6.45, 7) is 4.10. The summed E-state index contributed by atoms with van der Waals surface area (Å²) in [7, 11) is 0. The fourth-order valence-corrected chi connectivity index (χ4v) is 3.15. The van der Waals surface area contributed by atoms with E-state index in [9.17, 15) is 5.11 Å². The standard InChI is InChI=1S/C13H25NO2/c1-13(10-15,11-5-3-2-4-6-11)14-12-7-8-16-9-12/h11-12,14-15H,2-10H2,1H3. The molecule has 2 unspecified atom stereocenters. The van der Waals surface area contributed by atoms with Crippen molar-refractivity contribution in [1.29, 1.82) is 0 Å². The Kier molecular flexibility index (Phi) is 4.22. The summed E-state index contributed by atoms with van der Waals surface area (Å²) in [4.78, 5) is 0. The molecule has 2 fully saturated rings. The lowest BCUT2D eigenvalue weighted by Gasteiger charge is -2.41. The molecular formula is C13H25NO2. The van der Waals surface area contributed by atoms with Crippen LogP contribution in [0.3, 0.4) is 0 Å². The highest BCUT2D eigenvalue weighted by Gasteiger charge is 2.36. The number of ether oxygens (including phenoxy) is 1. The second kappa shape index (κ2) is 5.48. The highest BCUT2D eigenvalue weighted by atomic mass is 16.5. The molecule has 2 aliphatic rings. The Morgan fingerprint density at radius 2 is 2.00 bits per heavy atom. The summed E-state index contributed by atoms with van der Waals surface area (Å²) in [6.07, 6.45) is 7.62. The monoisotopic (exact) mass is 227 g/mol. The van der Waals surface area contributed by atoms with Crippen molar-refractivity contribution in [3.05, 3.63) is 0 Å². The Morgan fingerprint density at radius 3 is 2.56 bits per heavy atom. The largest absolute Gasteiger partial charge is 0.394 e. The van der Waals surface area contributed by atoms with Crippen molar-refractivity contribution in [2.45, 2.75) is 57.0 Å². The molecular weight excluding hydrogens is 202 g/mol. The molecule has 2 rings (SSSR count). The normalized spacial score (nSPS) is 31.5. The highest BCUT2D eigenvalue weighted by molar-refractivity contribution is 4.94. The zero-order valence-electron chi connectivity index (χ0n) is 10.4. The predicted molar refractivity (Wildman–Crippen MR) is 64.4 cm³/mol. The van der Waals surface area contributed by atoms with Gasteiger partial charge >= 0.3 is 0 Å². The van der Waals surface area contributed by atoms with E-state index in [0.717, 1.165) is 19.6 Å². The third kappa shape index (κ3) is 2.76. The van der Waals surface area contributed by atoms with E-state index in [4.69, 9.17) is 4.74 Å².